The van der Waals surface area contributed by atoms with Crippen LogP contribution in [0.15, 0.2) is 36.8 Å². The number of fused-ring (bicyclic) bond motifs is 1. The van der Waals surface area contributed by atoms with E-state index in [0.717, 1.165) is 42.4 Å². The van der Waals surface area contributed by atoms with Gasteiger partial charge in [-0.25, -0.2) is 4.39 Å². The van der Waals surface area contributed by atoms with Crippen LogP contribution in [0.2, 0.25) is 0 Å². The molecule has 2 fully saturated rings. The number of halogens is 1. The van der Waals surface area contributed by atoms with Crippen LogP contribution in [0.25, 0.3) is 16.6 Å². The van der Waals surface area contributed by atoms with Crippen LogP contribution in [0, 0.1) is 18.7 Å². The van der Waals surface area contributed by atoms with E-state index >= 15 is 0 Å². The Kier molecular flexibility index (Phi) is 8.21. The van der Waals surface area contributed by atoms with Gasteiger partial charge in [0, 0.05) is 64.0 Å². The second-order valence-electron chi connectivity index (χ2n) is 12.4. The number of aliphatic hydroxyl groups is 1. The summed E-state index contributed by atoms with van der Waals surface area (Å²) >= 11 is 0. The molecule has 2 amide bonds. The summed E-state index contributed by atoms with van der Waals surface area (Å²) in [4.78, 5) is 35.3. The van der Waals surface area contributed by atoms with E-state index in [1.54, 1.807) is 24.9 Å². The molecule has 4 heterocycles. The molecule has 0 unspecified atom stereocenters. The SMILES string of the molecule is CC(=O)N1CCC(O)(CN2CC[C@@H](Cc3cn(-c4ccc(F)cc4C(=O)N(C)C(C)C)c4cncc(C)c34)C2)CC1. The lowest BCUT2D eigenvalue weighted by Crippen LogP contribution is -2.51. The maximum absolute atomic E-state index is 14.4. The molecule has 1 aromatic carbocycles. The minimum Gasteiger partial charge on any atom is -0.388 e. The zero-order valence-electron chi connectivity index (χ0n) is 24.9. The van der Waals surface area contributed by atoms with E-state index in [9.17, 15) is 19.1 Å². The first-order valence-electron chi connectivity index (χ1n) is 14.7. The summed E-state index contributed by atoms with van der Waals surface area (Å²) in [7, 11) is 1.74. The van der Waals surface area contributed by atoms with Crippen LogP contribution in [0.1, 0.15) is 61.5 Å². The van der Waals surface area contributed by atoms with Crippen LogP contribution < -0.4 is 0 Å². The summed E-state index contributed by atoms with van der Waals surface area (Å²) in [5.41, 5.74) is 3.34. The van der Waals surface area contributed by atoms with Gasteiger partial charge in [-0.05, 0) is 88.2 Å². The van der Waals surface area contributed by atoms with Gasteiger partial charge in [0.05, 0.1) is 28.6 Å². The zero-order chi connectivity index (χ0) is 29.5. The predicted octanol–water partition coefficient (Wildman–Crippen LogP) is 4.19. The Bertz CT molecular complexity index is 1440. The molecule has 220 valence electrons. The Balaban J connectivity index is 1.39. The molecule has 0 radical (unpaired) electrons. The third-order valence-electron chi connectivity index (χ3n) is 9.06. The molecule has 2 saturated heterocycles. The average molecular weight is 564 g/mol. The average Bonchev–Trinajstić information content (AvgIpc) is 3.52. The van der Waals surface area contributed by atoms with Crippen LogP contribution in [0.5, 0.6) is 0 Å². The number of β-amino-alcohol motifs (C(OH)–C–C–N with tert-alkyl or cyclic N) is 1. The molecule has 2 aliphatic rings. The Morgan fingerprint density at radius 3 is 2.61 bits per heavy atom. The number of nitrogens with zero attached hydrogens (tertiary/aromatic N) is 5. The van der Waals surface area contributed by atoms with Gasteiger partial charge in [-0.2, -0.15) is 0 Å². The van der Waals surface area contributed by atoms with Crippen molar-refractivity contribution in [1.29, 1.82) is 0 Å². The Hall–Kier alpha value is -3.30. The summed E-state index contributed by atoms with van der Waals surface area (Å²) in [5.74, 6) is -0.178. The summed E-state index contributed by atoms with van der Waals surface area (Å²) in [5, 5.41) is 12.3. The lowest BCUT2D eigenvalue weighted by Gasteiger charge is -2.40. The van der Waals surface area contributed by atoms with E-state index in [1.165, 1.54) is 17.7 Å². The van der Waals surface area contributed by atoms with E-state index in [4.69, 9.17) is 0 Å². The van der Waals surface area contributed by atoms with Crippen molar-refractivity contribution in [3.05, 3.63) is 59.3 Å². The van der Waals surface area contributed by atoms with Gasteiger partial charge in [0.2, 0.25) is 5.91 Å². The number of benzene rings is 1. The Morgan fingerprint density at radius 1 is 1.20 bits per heavy atom. The van der Waals surface area contributed by atoms with Crippen molar-refractivity contribution in [1.82, 2.24) is 24.3 Å². The lowest BCUT2D eigenvalue weighted by atomic mass is 9.90. The molecular weight excluding hydrogens is 521 g/mol. The minimum absolute atomic E-state index is 0.0236. The van der Waals surface area contributed by atoms with Crippen molar-refractivity contribution in [2.24, 2.45) is 5.92 Å². The van der Waals surface area contributed by atoms with Crippen LogP contribution in [0.3, 0.4) is 0 Å². The van der Waals surface area contributed by atoms with Crippen molar-refractivity contribution in [3.8, 4) is 5.69 Å². The topological polar surface area (TPSA) is 81.9 Å². The number of aromatic nitrogens is 2. The summed E-state index contributed by atoms with van der Waals surface area (Å²) in [6.07, 6.45) is 8.88. The smallest absolute Gasteiger partial charge is 0.256 e. The first-order valence-corrected chi connectivity index (χ1v) is 14.7. The van der Waals surface area contributed by atoms with Crippen LogP contribution in [0.4, 0.5) is 4.39 Å². The van der Waals surface area contributed by atoms with Crippen LogP contribution >= 0.6 is 0 Å². The number of pyridine rings is 1. The van der Waals surface area contributed by atoms with Crippen LogP contribution in [-0.2, 0) is 11.2 Å². The maximum Gasteiger partial charge on any atom is 0.256 e. The highest BCUT2D eigenvalue weighted by atomic mass is 19.1. The van der Waals surface area contributed by atoms with Gasteiger partial charge < -0.3 is 24.4 Å². The summed E-state index contributed by atoms with van der Waals surface area (Å²) in [6.45, 7) is 11.2. The minimum atomic E-state index is -0.756. The van der Waals surface area contributed by atoms with Gasteiger partial charge in [-0.3, -0.25) is 14.6 Å². The monoisotopic (exact) mass is 563 g/mol. The molecule has 2 aromatic heterocycles. The molecule has 41 heavy (non-hydrogen) atoms. The standard InChI is InChI=1S/C32H42FN5O3/c1-21(2)35(5)31(40)27-15-26(33)6-7-28(27)38-19-25(30-22(3)16-34-17-29(30)38)14-24-8-11-36(18-24)20-32(41)9-12-37(13-10-32)23(4)39/h6-7,15-17,19,21,24,41H,8-14,18,20H2,1-5H3/t24-/m0/s1. The number of carbonyl (C=O) groups excluding carboxylic acids is 2. The molecule has 0 aliphatic carbocycles. The van der Waals surface area contributed by atoms with Crippen molar-refractivity contribution in [3.63, 3.8) is 0 Å². The van der Waals surface area contributed by atoms with Gasteiger partial charge >= 0.3 is 0 Å². The van der Waals surface area contributed by atoms with E-state index in [-0.39, 0.29) is 17.9 Å². The highest BCUT2D eigenvalue weighted by Gasteiger charge is 2.37. The third-order valence-corrected chi connectivity index (χ3v) is 9.06. The fourth-order valence-corrected chi connectivity index (χ4v) is 6.46. The molecule has 2 aliphatic heterocycles. The van der Waals surface area contributed by atoms with Gasteiger partial charge in [-0.1, -0.05) is 0 Å². The number of amides is 2. The molecule has 3 aromatic rings. The first-order chi connectivity index (χ1) is 19.5. The lowest BCUT2D eigenvalue weighted by molar-refractivity contribution is -0.133. The molecule has 1 N–H and O–H groups in total. The van der Waals surface area contributed by atoms with Gasteiger partial charge in [0.25, 0.3) is 5.91 Å². The molecule has 0 saturated carbocycles. The molecule has 8 nitrogen and oxygen atoms in total. The van der Waals surface area contributed by atoms with Crippen molar-refractivity contribution in [2.75, 3.05) is 39.8 Å². The summed E-state index contributed by atoms with van der Waals surface area (Å²) in [6, 6.07) is 4.38. The van der Waals surface area contributed by atoms with Crippen molar-refractivity contribution >= 4 is 22.7 Å². The Labute approximate surface area is 241 Å². The highest BCUT2D eigenvalue weighted by molar-refractivity contribution is 5.99. The fourth-order valence-electron chi connectivity index (χ4n) is 6.46. The number of hydrogen-bond acceptors (Lipinski definition) is 5. The van der Waals surface area contributed by atoms with E-state index in [0.29, 0.717) is 49.6 Å². The molecule has 0 bridgehead atoms. The van der Waals surface area contributed by atoms with Crippen molar-refractivity contribution < 1.29 is 19.1 Å². The van der Waals surface area contributed by atoms with Gasteiger partial charge in [-0.15, -0.1) is 0 Å². The molecular formula is C32H42FN5O3. The fraction of sp³-hybridized carbons (Fsp3) is 0.531. The van der Waals surface area contributed by atoms with E-state index in [2.05, 4.69) is 23.0 Å². The molecule has 5 rings (SSSR count). The second kappa shape index (κ2) is 11.5. The van der Waals surface area contributed by atoms with E-state index < -0.39 is 11.4 Å². The number of likely N-dealkylation sites (tertiary alicyclic amines) is 2. The maximum atomic E-state index is 14.4. The molecule has 9 heteroatoms. The van der Waals surface area contributed by atoms with Gasteiger partial charge in [0.15, 0.2) is 0 Å². The first kappa shape index (κ1) is 29.2. The number of piperidine rings is 1. The van der Waals surface area contributed by atoms with E-state index in [1.807, 2.05) is 35.7 Å². The summed E-state index contributed by atoms with van der Waals surface area (Å²) < 4.78 is 16.4. The number of rotatable bonds is 7. The van der Waals surface area contributed by atoms with Crippen LogP contribution in [-0.4, -0.2) is 92.6 Å². The second-order valence-corrected chi connectivity index (χ2v) is 12.4. The normalized spacial score (nSPS) is 19.3. The highest BCUT2D eigenvalue weighted by Crippen LogP contribution is 2.33. The van der Waals surface area contributed by atoms with Crippen molar-refractivity contribution in [2.45, 2.75) is 65.0 Å². The quantitative estimate of drug-likeness (QED) is 0.466. The molecule has 1 atom stereocenters. The zero-order valence-corrected chi connectivity index (χ0v) is 24.9. The number of carbonyl (C=O) groups is 2. The Morgan fingerprint density at radius 2 is 1.93 bits per heavy atom. The van der Waals surface area contributed by atoms with Gasteiger partial charge in [0.1, 0.15) is 5.82 Å². The third kappa shape index (κ3) is 6.02. The number of aryl methyl sites for hydroxylation is 1. The molecule has 0 spiro atoms. The largest absolute Gasteiger partial charge is 0.388 e. The number of hydrogen-bond donors (Lipinski definition) is 1. The predicted molar refractivity (Wildman–Crippen MR) is 158 cm³/mol.